The van der Waals surface area contributed by atoms with Crippen molar-refractivity contribution in [2.75, 3.05) is 13.2 Å². The normalized spacial score (nSPS) is 12.1. The van der Waals surface area contributed by atoms with Crippen LogP contribution in [-0.2, 0) is 28.6 Å². The molecule has 350 valence electrons. The minimum absolute atomic E-state index is 0.0649. The van der Waals surface area contributed by atoms with E-state index in [1.807, 2.05) is 0 Å². The molecule has 1 atom stereocenters. The summed E-state index contributed by atoms with van der Waals surface area (Å²) in [6.07, 6.45) is 47.0. The molecule has 0 heterocycles. The molecule has 59 heavy (non-hydrogen) atoms. The zero-order chi connectivity index (χ0) is 43.3. The quantitative estimate of drug-likeness (QED) is 0.0345. The standard InChI is InChI=1S/C53H102O6/c1-6-7-8-31-40-45-53(56)59-50(47-58-52(55)44-39-35-30-26-22-18-14-13-16-20-24-28-33-37-42-49(4)5)46-57-51(54)43-38-34-29-25-21-17-12-10-9-11-15-19-23-27-32-36-41-48(2)3/h48-50H,6-47H2,1-5H3/t50-/m0/s1. The third-order valence-electron chi connectivity index (χ3n) is 12.0. The largest absolute Gasteiger partial charge is 0.462 e. The lowest BCUT2D eigenvalue weighted by Gasteiger charge is -2.18. The van der Waals surface area contributed by atoms with Crippen molar-refractivity contribution in [1.82, 2.24) is 0 Å². The molecule has 0 spiro atoms. The monoisotopic (exact) mass is 835 g/mol. The van der Waals surface area contributed by atoms with Gasteiger partial charge in [0.05, 0.1) is 0 Å². The Kier molecular flexibility index (Phi) is 44.7. The molecular formula is C53H102O6. The molecule has 0 aliphatic rings. The maximum atomic E-state index is 12.6. The van der Waals surface area contributed by atoms with Crippen molar-refractivity contribution in [3.05, 3.63) is 0 Å². The summed E-state index contributed by atoms with van der Waals surface area (Å²) in [6, 6.07) is 0. The van der Waals surface area contributed by atoms with Crippen molar-refractivity contribution in [3.63, 3.8) is 0 Å². The molecule has 0 aliphatic heterocycles. The first-order valence-electron chi connectivity index (χ1n) is 26.2. The van der Waals surface area contributed by atoms with Crippen molar-refractivity contribution in [2.24, 2.45) is 11.8 Å². The number of esters is 3. The molecule has 0 aromatic rings. The summed E-state index contributed by atoms with van der Waals surface area (Å²) in [4.78, 5) is 37.7. The van der Waals surface area contributed by atoms with Crippen molar-refractivity contribution in [1.29, 1.82) is 0 Å². The van der Waals surface area contributed by atoms with E-state index in [0.29, 0.717) is 19.3 Å². The Balaban J connectivity index is 4.04. The van der Waals surface area contributed by atoms with E-state index in [1.165, 1.54) is 173 Å². The molecule has 0 aromatic heterocycles. The minimum atomic E-state index is -0.759. The van der Waals surface area contributed by atoms with E-state index in [-0.39, 0.29) is 31.1 Å². The van der Waals surface area contributed by atoms with Crippen molar-refractivity contribution in [2.45, 2.75) is 298 Å². The second-order valence-corrected chi connectivity index (χ2v) is 19.1. The highest BCUT2D eigenvalue weighted by Crippen LogP contribution is 2.18. The molecule has 0 fully saturated rings. The Labute approximate surface area is 368 Å². The first-order valence-corrected chi connectivity index (χ1v) is 26.2. The number of ether oxygens (including phenoxy) is 3. The molecule has 0 amide bonds. The van der Waals surface area contributed by atoms with Crippen molar-refractivity contribution < 1.29 is 28.6 Å². The van der Waals surface area contributed by atoms with Gasteiger partial charge in [0.1, 0.15) is 13.2 Å². The van der Waals surface area contributed by atoms with Crippen LogP contribution in [0.5, 0.6) is 0 Å². The van der Waals surface area contributed by atoms with E-state index in [4.69, 9.17) is 14.2 Å². The molecule has 0 bridgehead atoms. The van der Waals surface area contributed by atoms with Crippen LogP contribution in [0, 0.1) is 11.8 Å². The van der Waals surface area contributed by atoms with Gasteiger partial charge in [0.2, 0.25) is 0 Å². The van der Waals surface area contributed by atoms with Crippen LogP contribution in [0.15, 0.2) is 0 Å². The molecule has 0 N–H and O–H groups in total. The van der Waals surface area contributed by atoms with Crippen LogP contribution in [0.3, 0.4) is 0 Å². The molecule has 0 radical (unpaired) electrons. The van der Waals surface area contributed by atoms with Crippen LogP contribution in [0.25, 0.3) is 0 Å². The van der Waals surface area contributed by atoms with Gasteiger partial charge in [-0.25, -0.2) is 0 Å². The van der Waals surface area contributed by atoms with Crippen LogP contribution in [0.2, 0.25) is 0 Å². The zero-order valence-electron chi connectivity index (χ0n) is 40.4. The topological polar surface area (TPSA) is 78.9 Å². The highest BCUT2D eigenvalue weighted by atomic mass is 16.6. The van der Waals surface area contributed by atoms with Crippen LogP contribution in [-0.4, -0.2) is 37.2 Å². The Morgan fingerprint density at radius 3 is 0.831 bits per heavy atom. The molecule has 0 saturated carbocycles. The second kappa shape index (κ2) is 45.9. The SMILES string of the molecule is CCCCCCCC(=O)O[C@@H](COC(=O)CCCCCCCCCCCCCCCCCCC(C)C)COC(=O)CCCCCCCCCCCCCCCCC(C)C. The third-order valence-corrected chi connectivity index (χ3v) is 12.0. The van der Waals surface area contributed by atoms with Crippen LogP contribution >= 0.6 is 0 Å². The molecule has 0 rings (SSSR count). The number of hydrogen-bond acceptors (Lipinski definition) is 6. The Hall–Kier alpha value is -1.59. The molecule has 0 aromatic carbocycles. The number of hydrogen-bond donors (Lipinski definition) is 0. The lowest BCUT2D eigenvalue weighted by Crippen LogP contribution is -2.30. The van der Waals surface area contributed by atoms with E-state index in [2.05, 4.69) is 34.6 Å². The summed E-state index contributed by atoms with van der Waals surface area (Å²) in [6.45, 7) is 11.3. The molecule has 6 heteroatoms. The first-order chi connectivity index (χ1) is 28.7. The Morgan fingerprint density at radius 1 is 0.322 bits per heavy atom. The van der Waals surface area contributed by atoms with E-state index in [0.717, 1.165) is 76.0 Å². The van der Waals surface area contributed by atoms with Crippen molar-refractivity contribution >= 4 is 17.9 Å². The van der Waals surface area contributed by atoms with Gasteiger partial charge < -0.3 is 14.2 Å². The fraction of sp³-hybridized carbons (Fsp3) is 0.943. The van der Waals surface area contributed by atoms with Gasteiger partial charge in [-0.05, 0) is 31.1 Å². The van der Waals surface area contributed by atoms with Gasteiger partial charge in [0, 0.05) is 19.3 Å². The van der Waals surface area contributed by atoms with E-state index < -0.39 is 6.10 Å². The summed E-state index contributed by atoms with van der Waals surface area (Å²) in [5, 5.41) is 0. The minimum Gasteiger partial charge on any atom is -0.462 e. The predicted molar refractivity (Wildman–Crippen MR) is 252 cm³/mol. The smallest absolute Gasteiger partial charge is 0.306 e. The first kappa shape index (κ1) is 57.4. The van der Waals surface area contributed by atoms with E-state index >= 15 is 0 Å². The van der Waals surface area contributed by atoms with Gasteiger partial charge in [-0.2, -0.15) is 0 Å². The lowest BCUT2D eigenvalue weighted by molar-refractivity contribution is -0.167. The average molecular weight is 835 g/mol. The summed E-state index contributed by atoms with van der Waals surface area (Å²) >= 11 is 0. The summed E-state index contributed by atoms with van der Waals surface area (Å²) in [7, 11) is 0. The summed E-state index contributed by atoms with van der Waals surface area (Å²) in [5.41, 5.74) is 0. The molecule has 0 unspecified atom stereocenters. The second-order valence-electron chi connectivity index (χ2n) is 19.1. The molecule has 6 nitrogen and oxygen atoms in total. The fourth-order valence-electron chi connectivity index (χ4n) is 7.99. The van der Waals surface area contributed by atoms with Gasteiger partial charge in [0.15, 0.2) is 6.10 Å². The van der Waals surface area contributed by atoms with Gasteiger partial charge in [-0.15, -0.1) is 0 Å². The number of carbonyl (C=O) groups is 3. The number of carbonyl (C=O) groups excluding carboxylic acids is 3. The average Bonchev–Trinajstić information content (AvgIpc) is 3.20. The number of unbranched alkanes of at least 4 members (excludes halogenated alkanes) is 32. The van der Waals surface area contributed by atoms with Gasteiger partial charge in [-0.1, -0.05) is 253 Å². The zero-order valence-corrected chi connectivity index (χ0v) is 40.4. The van der Waals surface area contributed by atoms with E-state index in [1.54, 1.807) is 0 Å². The van der Waals surface area contributed by atoms with Gasteiger partial charge >= 0.3 is 17.9 Å². The van der Waals surface area contributed by atoms with Gasteiger partial charge in [-0.3, -0.25) is 14.4 Å². The van der Waals surface area contributed by atoms with E-state index in [9.17, 15) is 14.4 Å². The Bertz CT molecular complexity index is 900. The maximum Gasteiger partial charge on any atom is 0.306 e. The van der Waals surface area contributed by atoms with Crippen LogP contribution in [0.4, 0.5) is 0 Å². The summed E-state index contributed by atoms with van der Waals surface area (Å²) in [5.74, 6) is 0.836. The number of rotatable bonds is 47. The third kappa shape index (κ3) is 47.3. The summed E-state index contributed by atoms with van der Waals surface area (Å²) < 4.78 is 16.7. The molecular weight excluding hydrogens is 733 g/mol. The molecule has 0 saturated heterocycles. The highest BCUT2D eigenvalue weighted by molar-refractivity contribution is 5.71. The van der Waals surface area contributed by atoms with Crippen LogP contribution < -0.4 is 0 Å². The molecule has 0 aliphatic carbocycles. The van der Waals surface area contributed by atoms with Crippen LogP contribution in [0.1, 0.15) is 291 Å². The lowest BCUT2D eigenvalue weighted by atomic mass is 10.0. The van der Waals surface area contributed by atoms with Gasteiger partial charge in [0.25, 0.3) is 0 Å². The maximum absolute atomic E-state index is 12.6. The predicted octanol–water partition coefficient (Wildman–Crippen LogP) is 16.9. The fourth-order valence-corrected chi connectivity index (χ4v) is 7.99. The highest BCUT2D eigenvalue weighted by Gasteiger charge is 2.19. The Morgan fingerprint density at radius 2 is 0.559 bits per heavy atom. The van der Waals surface area contributed by atoms with Crippen molar-refractivity contribution in [3.8, 4) is 0 Å².